The lowest BCUT2D eigenvalue weighted by molar-refractivity contribution is 0.102. The van der Waals surface area contributed by atoms with Crippen molar-refractivity contribution in [3.05, 3.63) is 69.3 Å². The van der Waals surface area contributed by atoms with Gasteiger partial charge < -0.3 is 5.32 Å². The van der Waals surface area contributed by atoms with Gasteiger partial charge in [-0.05, 0) is 31.9 Å². The van der Waals surface area contributed by atoms with Crippen molar-refractivity contribution in [1.29, 1.82) is 0 Å². The number of amides is 1. The molecule has 2 aromatic heterocycles. The Balaban J connectivity index is 2.00. The first kappa shape index (κ1) is 16.6. The van der Waals surface area contributed by atoms with Gasteiger partial charge in [-0.25, -0.2) is 4.98 Å². The highest BCUT2D eigenvalue weighted by molar-refractivity contribution is 6.04. The molecule has 0 saturated heterocycles. The maximum absolute atomic E-state index is 12.6. The van der Waals surface area contributed by atoms with Crippen LogP contribution in [0.2, 0.25) is 0 Å². The van der Waals surface area contributed by atoms with E-state index < -0.39 is 0 Å². The van der Waals surface area contributed by atoms with Crippen LogP contribution >= 0.6 is 0 Å². The van der Waals surface area contributed by atoms with Crippen LogP contribution in [0.15, 0.2) is 41.2 Å². The molecule has 0 atom stereocenters. The Morgan fingerprint density at radius 1 is 1.24 bits per heavy atom. The second-order valence-corrected chi connectivity index (χ2v) is 5.77. The van der Waals surface area contributed by atoms with Crippen molar-refractivity contribution in [2.45, 2.75) is 27.2 Å². The zero-order valence-electron chi connectivity index (χ0n) is 14.3. The van der Waals surface area contributed by atoms with Crippen LogP contribution in [0.4, 0.5) is 5.82 Å². The van der Waals surface area contributed by atoms with Crippen LogP contribution in [-0.2, 0) is 6.42 Å². The monoisotopic (exact) mass is 337 g/mol. The zero-order chi connectivity index (χ0) is 18.0. The number of hydrogen-bond donors (Lipinski definition) is 2. The van der Waals surface area contributed by atoms with Gasteiger partial charge in [0.2, 0.25) is 5.95 Å². The highest BCUT2D eigenvalue weighted by Crippen LogP contribution is 2.16. The molecule has 1 aromatic carbocycles. The van der Waals surface area contributed by atoms with E-state index in [1.54, 1.807) is 12.1 Å². The van der Waals surface area contributed by atoms with E-state index in [-0.39, 0.29) is 17.4 Å². The highest BCUT2D eigenvalue weighted by atomic mass is 16.2. The van der Waals surface area contributed by atoms with Gasteiger partial charge in [-0.2, -0.15) is 9.78 Å². The smallest absolute Gasteiger partial charge is 0.257 e. The first-order valence-corrected chi connectivity index (χ1v) is 8.02. The SMILES string of the molecule is CCc1cc(=O)[nH]c(-n2nc(C)cc2NC(=O)c2ccccc2C)n1. The summed E-state index contributed by atoms with van der Waals surface area (Å²) < 4.78 is 1.44. The van der Waals surface area contributed by atoms with Crippen molar-refractivity contribution in [2.75, 3.05) is 5.32 Å². The van der Waals surface area contributed by atoms with Crippen molar-refractivity contribution in [2.24, 2.45) is 0 Å². The third kappa shape index (κ3) is 3.50. The molecule has 0 bridgehead atoms. The molecule has 128 valence electrons. The number of carbonyl (C=O) groups is 1. The number of nitrogens with zero attached hydrogens (tertiary/aromatic N) is 3. The quantitative estimate of drug-likeness (QED) is 0.764. The van der Waals surface area contributed by atoms with Crippen molar-refractivity contribution < 1.29 is 4.79 Å². The fourth-order valence-corrected chi connectivity index (χ4v) is 2.54. The number of nitrogens with one attached hydrogen (secondary N) is 2. The molecule has 3 aromatic rings. The molecule has 2 heterocycles. The number of hydrogen-bond acceptors (Lipinski definition) is 4. The number of rotatable bonds is 4. The fourth-order valence-electron chi connectivity index (χ4n) is 2.54. The number of benzene rings is 1. The summed E-state index contributed by atoms with van der Waals surface area (Å²) in [5.74, 6) is 0.480. The minimum atomic E-state index is -0.258. The van der Waals surface area contributed by atoms with E-state index in [4.69, 9.17) is 0 Å². The number of H-pyrrole nitrogens is 1. The van der Waals surface area contributed by atoms with Gasteiger partial charge in [-0.3, -0.25) is 14.6 Å². The van der Waals surface area contributed by atoms with E-state index in [0.717, 1.165) is 5.56 Å². The van der Waals surface area contributed by atoms with Gasteiger partial charge in [-0.1, -0.05) is 25.1 Å². The molecule has 0 aliphatic heterocycles. The van der Waals surface area contributed by atoms with Crippen LogP contribution in [0.3, 0.4) is 0 Å². The molecule has 2 N–H and O–H groups in total. The molecular formula is C18H19N5O2. The summed E-state index contributed by atoms with van der Waals surface area (Å²) in [6.07, 6.45) is 0.627. The summed E-state index contributed by atoms with van der Waals surface area (Å²) in [5.41, 5.74) is 2.55. The van der Waals surface area contributed by atoms with Crippen molar-refractivity contribution in [1.82, 2.24) is 19.7 Å². The summed E-state index contributed by atoms with van der Waals surface area (Å²) in [4.78, 5) is 31.4. The average Bonchev–Trinajstić information content (AvgIpc) is 2.95. The molecule has 0 fully saturated rings. The lowest BCUT2D eigenvalue weighted by Gasteiger charge is -2.10. The molecule has 3 rings (SSSR count). The van der Waals surface area contributed by atoms with Gasteiger partial charge in [0.05, 0.1) is 5.69 Å². The molecule has 7 heteroatoms. The maximum Gasteiger partial charge on any atom is 0.257 e. The third-order valence-corrected chi connectivity index (χ3v) is 3.81. The largest absolute Gasteiger partial charge is 0.306 e. The molecular weight excluding hydrogens is 318 g/mol. The van der Waals surface area contributed by atoms with Crippen molar-refractivity contribution >= 4 is 11.7 Å². The van der Waals surface area contributed by atoms with Crippen LogP contribution in [0, 0.1) is 13.8 Å². The van der Waals surface area contributed by atoms with Gasteiger partial charge in [-0.15, -0.1) is 0 Å². The average molecular weight is 337 g/mol. The Kier molecular flexibility index (Phi) is 4.47. The maximum atomic E-state index is 12.6. The van der Waals surface area contributed by atoms with Gasteiger partial charge in [0.1, 0.15) is 5.82 Å². The number of aromatic nitrogens is 4. The van der Waals surface area contributed by atoms with E-state index in [0.29, 0.717) is 29.2 Å². The number of aryl methyl sites for hydroxylation is 3. The summed E-state index contributed by atoms with van der Waals surface area (Å²) in [5, 5.41) is 7.18. The lowest BCUT2D eigenvalue weighted by Crippen LogP contribution is -2.19. The Morgan fingerprint density at radius 2 is 2.00 bits per heavy atom. The van der Waals surface area contributed by atoms with Crippen LogP contribution in [0.5, 0.6) is 0 Å². The molecule has 7 nitrogen and oxygen atoms in total. The highest BCUT2D eigenvalue weighted by Gasteiger charge is 2.15. The van der Waals surface area contributed by atoms with Crippen LogP contribution in [-0.4, -0.2) is 25.7 Å². The van der Waals surface area contributed by atoms with E-state index in [1.807, 2.05) is 39.0 Å². The second kappa shape index (κ2) is 6.72. The Morgan fingerprint density at radius 3 is 2.72 bits per heavy atom. The Labute approximate surface area is 144 Å². The number of aromatic amines is 1. The first-order valence-electron chi connectivity index (χ1n) is 8.02. The first-order chi connectivity index (χ1) is 12.0. The van der Waals surface area contributed by atoms with Crippen LogP contribution in [0.1, 0.15) is 34.2 Å². The fraction of sp³-hybridized carbons (Fsp3) is 0.222. The standard InChI is InChI=1S/C18H19N5O2/c1-4-13-10-16(24)21-18(19-13)23-15(9-12(3)22-23)20-17(25)14-8-6-5-7-11(14)2/h5-10H,4H2,1-3H3,(H,20,25)(H,19,21,24). The molecule has 0 aliphatic carbocycles. The molecule has 0 radical (unpaired) electrons. The van der Waals surface area contributed by atoms with E-state index >= 15 is 0 Å². The second-order valence-electron chi connectivity index (χ2n) is 5.77. The van der Waals surface area contributed by atoms with Crippen molar-refractivity contribution in [3.8, 4) is 5.95 Å². The summed E-state index contributed by atoms with van der Waals surface area (Å²) in [6.45, 7) is 5.60. The zero-order valence-corrected chi connectivity index (χ0v) is 14.3. The predicted octanol–water partition coefficient (Wildman–Crippen LogP) is 2.39. The van der Waals surface area contributed by atoms with Gasteiger partial charge in [0.25, 0.3) is 11.5 Å². The summed E-state index contributed by atoms with van der Waals surface area (Å²) >= 11 is 0. The molecule has 0 spiro atoms. The lowest BCUT2D eigenvalue weighted by atomic mass is 10.1. The number of carbonyl (C=O) groups excluding carboxylic acids is 1. The van der Waals surface area contributed by atoms with Gasteiger partial charge >= 0.3 is 0 Å². The van der Waals surface area contributed by atoms with Gasteiger partial charge in [0, 0.05) is 23.4 Å². The minimum absolute atomic E-state index is 0.242. The molecule has 0 unspecified atom stereocenters. The molecule has 0 saturated carbocycles. The minimum Gasteiger partial charge on any atom is -0.306 e. The van der Waals surface area contributed by atoms with Crippen LogP contribution < -0.4 is 10.9 Å². The topological polar surface area (TPSA) is 92.7 Å². The van der Waals surface area contributed by atoms with E-state index in [1.165, 1.54) is 10.7 Å². The van der Waals surface area contributed by atoms with E-state index in [9.17, 15) is 9.59 Å². The Hall–Kier alpha value is -3.22. The normalized spacial score (nSPS) is 10.7. The molecule has 1 amide bonds. The molecule has 0 aliphatic rings. The Bertz CT molecular complexity index is 987. The predicted molar refractivity (Wildman–Crippen MR) is 95.2 cm³/mol. The van der Waals surface area contributed by atoms with Crippen LogP contribution in [0.25, 0.3) is 5.95 Å². The van der Waals surface area contributed by atoms with Gasteiger partial charge in [0.15, 0.2) is 0 Å². The summed E-state index contributed by atoms with van der Waals surface area (Å²) in [6, 6.07) is 10.5. The molecule has 25 heavy (non-hydrogen) atoms. The van der Waals surface area contributed by atoms with Crippen molar-refractivity contribution in [3.63, 3.8) is 0 Å². The van der Waals surface area contributed by atoms with E-state index in [2.05, 4.69) is 20.4 Å². The summed E-state index contributed by atoms with van der Waals surface area (Å²) in [7, 11) is 0. The third-order valence-electron chi connectivity index (χ3n) is 3.81. The number of anilines is 1.